The Kier molecular flexibility index (Phi) is 5.63. The minimum absolute atomic E-state index is 0.0786. The average Bonchev–Trinajstić information content (AvgIpc) is 3.32. The zero-order chi connectivity index (χ0) is 22.2. The van der Waals surface area contributed by atoms with Gasteiger partial charge < -0.3 is 14.2 Å². The number of halogens is 3. The van der Waals surface area contributed by atoms with Crippen LogP contribution >= 0.6 is 0 Å². The van der Waals surface area contributed by atoms with E-state index in [-0.39, 0.29) is 49.2 Å². The zero-order valence-electron chi connectivity index (χ0n) is 16.6. The van der Waals surface area contributed by atoms with E-state index in [1.807, 2.05) is 0 Å². The first-order valence-electron chi connectivity index (χ1n) is 10.1. The van der Waals surface area contributed by atoms with Crippen molar-refractivity contribution in [1.82, 2.24) is 14.5 Å². The minimum atomic E-state index is -4.45. The summed E-state index contributed by atoms with van der Waals surface area (Å²) in [4.78, 5) is 39.8. The Labute approximate surface area is 175 Å². The molecule has 1 aromatic heterocycles. The van der Waals surface area contributed by atoms with Gasteiger partial charge in [-0.2, -0.15) is 13.2 Å². The number of benzene rings is 1. The number of piperidine rings is 1. The molecule has 1 N–H and O–H groups in total. The number of ether oxygens (including phenoxy) is 1. The molecule has 1 saturated carbocycles. The third-order valence-electron chi connectivity index (χ3n) is 6.07. The number of nitrogens with zero attached hydrogens (tertiary/aromatic N) is 2. The number of carbonyl (C=O) groups excluding carboxylic acids is 1. The van der Waals surface area contributed by atoms with Crippen LogP contribution in [0.25, 0.3) is 0 Å². The van der Waals surface area contributed by atoms with Crippen LogP contribution in [-0.2, 0) is 17.5 Å². The SMILES string of the molecule is O=C(CCn1ccc(=O)[nH]c1=O)N1[C@@H]2CC[C@H](C2)[C@@H]1COc1cccc(C(F)(F)F)c1. The Morgan fingerprint density at radius 2 is 2.00 bits per heavy atom. The molecule has 31 heavy (non-hydrogen) atoms. The van der Waals surface area contributed by atoms with Gasteiger partial charge in [-0.1, -0.05) is 6.07 Å². The lowest BCUT2D eigenvalue weighted by Gasteiger charge is -2.35. The lowest BCUT2D eigenvalue weighted by atomic mass is 9.99. The summed E-state index contributed by atoms with van der Waals surface area (Å²) in [6.45, 7) is 0.246. The van der Waals surface area contributed by atoms with E-state index in [1.54, 1.807) is 4.90 Å². The topological polar surface area (TPSA) is 84.4 Å². The Bertz CT molecular complexity index is 1080. The van der Waals surface area contributed by atoms with Gasteiger partial charge in [0, 0.05) is 31.3 Å². The van der Waals surface area contributed by atoms with Gasteiger partial charge in [-0.25, -0.2) is 4.79 Å². The van der Waals surface area contributed by atoms with E-state index in [4.69, 9.17) is 4.74 Å². The van der Waals surface area contributed by atoms with Crippen LogP contribution in [0.2, 0.25) is 0 Å². The van der Waals surface area contributed by atoms with Gasteiger partial charge >= 0.3 is 11.9 Å². The largest absolute Gasteiger partial charge is 0.491 e. The van der Waals surface area contributed by atoms with Crippen molar-refractivity contribution in [3.8, 4) is 5.75 Å². The predicted molar refractivity (Wildman–Crippen MR) is 105 cm³/mol. The minimum Gasteiger partial charge on any atom is -0.491 e. The molecule has 2 heterocycles. The van der Waals surface area contributed by atoms with Crippen LogP contribution in [-0.4, -0.2) is 39.0 Å². The first-order chi connectivity index (χ1) is 14.7. The monoisotopic (exact) mass is 437 g/mol. The van der Waals surface area contributed by atoms with Crippen LogP contribution in [0.3, 0.4) is 0 Å². The van der Waals surface area contributed by atoms with Crippen molar-refractivity contribution < 1.29 is 22.7 Å². The molecule has 2 fully saturated rings. The molecule has 1 aliphatic heterocycles. The Balaban J connectivity index is 1.42. The summed E-state index contributed by atoms with van der Waals surface area (Å²) in [5, 5.41) is 0. The number of aromatic nitrogens is 2. The molecule has 3 atom stereocenters. The molecule has 2 aromatic rings. The quantitative estimate of drug-likeness (QED) is 0.752. The number of hydrogen-bond acceptors (Lipinski definition) is 4. The fourth-order valence-corrected chi connectivity index (χ4v) is 4.61. The highest BCUT2D eigenvalue weighted by Gasteiger charge is 2.48. The maximum Gasteiger partial charge on any atom is 0.416 e. The number of alkyl halides is 3. The number of H-pyrrole nitrogens is 1. The number of aryl methyl sites for hydroxylation is 1. The lowest BCUT2D eigenvalue weighted by molar-refractivity contribution is -0.137. The molecular weight excluding hydrogens is 415 g/mol. The molecule has 1 aromatic carbocycles. The van der Waals surface area contributed by atoms with Crippen LogP contribution in [0.1, 0.15) is 31.2 Å². The Morgan fingerprint density at radius 1 is 1.19 bits per heavy atom. The second-order valence-electron chi connectivity index (χ2n) is 7.99. The third-order valence-corrected chi connectivity index (χ3v) is 6.07. The third kappa shape index (κ3) is 4.52. The van der Waals surface area contributed by atoms with Gasteiger partial charge in [-0.05, 0) is 43.4 Å². The van der Waals surface area contributed by atoms with E-state index in [0.29, 0.717) is 0 Å². The van der Waals surface area contributed by atoms with Crippen molar-refractivity contribution in [2.75, 3.05) is 6.61 Å². The maximum atomic E-state index is 12.9. The number of nitrogens with one attached hydrogen (secondary N) is 1. The standard InChI is InChI=1S/C21H22F3N3O4/c22-21(23,24)14-2-1-3-16(11-14)31-12-17-13-4-5-15(10-13)27(17)19(29)7-9-26-8-6-18(28)25-20(26)30/h1-3,6,8,11,13,15,17H,4-5,7,9-10,12H2,(H,25,28,30)/t13-,15-,17+/m1/s1. The highest BCUT2D eigenvalue weighted by Crippen LogP contribution is 2.43. The van der Waals surface area contributed by atoms with Gasteiger partial charge in [0.25, 0.3) is 5.56 Å². The van der Waals surface area contributed by atoms with E-state index in [1.165, 1.54) is 29.0 Å². The molecule has 7 nitrogen and oxygen atoms in total. The van der Waals surface area contributed by atoms with Crippen molar-refractivity contribution in [3.63, 3.8) is 0 Å². The molecule has 10 heteroatoms. The highest BCUT2D eigenvalue weighted by molar-refractivity contribution is 5.77. The van der Waals surface area contributed by atoms with Crippen LogP contribution < -0.4 is 16.0 Å². The normalized spacial score (nSPS) is 22.7. The summed E-state index contributed by atoms with van der Waals surface area (Å²) in [6, 6.07) is 5.80. The Hall–Kier alpha value is -3.04. The van der Waals surface area contributed by atoms with Crippen LogP contribution in [0, 0.1) is 5.92 Å². The smallest absolute Gasteiger partial charge is 0.416 e. The van der Waals surface area contributed by atoms with Gasteiger partial charge in [-0.15, -0.1) is 0 Å². The molecule has 0 radical (unpaired) electrons. The molecule has 1 aliphatic carbocycles. The number of carbonyl (C=O) groups is 1. The van der Waals surface area contributed by atoms with Crippen molar-refractivity contribution in [2.24, 2.45) is 5.92 Å². The Morgan fingerprint density at radius 3 is 2.74 bits per heavy atom. The summed E-state index contributed by atoms with van der Waals surface area (Å²) in [5.74, 6) is 0.225. The summed E-state index contributed by atoms with van der Waals surface area (Å²) >= 11 is 0. The molecule has 2 bridgehead atoms. The van der Waals surface area contributed by atoms with Crippen LogP contribution in [0.15, 0.2) is 46.1 Å². The number of rotatable bonds is 6. The maximum absolute atomic E-state index is 12.9. The molecular formula is C21H22F3N3O4. The fourth-order valence-electron chi connectivity index (χ4n) is 4.61. The van der Waals surface area contributed by atoms with Gasteiger partial charge in [0.2, 0.25) is 5.91 Å². The summed E-state index contributed by atoms with van der Waals surface area (Å²) in [7, 11) is 0. The van der Waals surface area contributed by atoms with E-state index in [9.17, 15) is 27.6 Å². The van der Waals surface area contributed by atoms with E-state index in [2.05, 4.69) is 4.98 Å². The molecule has 0 spiro atoms. The number of hydrogen-bond donors (Lipinski definition) is 1. The molecule has 2 aliphatic rings. The van der Waals surface area contributed by atoms with Crippen LogP contribution in [0.5, 0.6) is 5.75 Å². The van der Waals surface area contributed by atoms with Crippen molar-refractivity contribution in [3.05, 3.63) is 62.9 Å². The fraction of sp³-hybridized carbons (Fsp3) is 0.476. The van der Waals surface area contributed by atoms with Gasteiger partial charge in [0.1, 0.15) is 12.4 Å². The molecule has 0 unspecified atom stereocenters. The summed E-state index contributed by atoms with van der Waals surface area (Å²) in [6.07, 6.45) is -0.345. The van der Waals surface area contributed by atoms with E-state index >= 15 is 0 Å². The highest BCUT2D eigenvalue weighted by atomic mass is 19.4. The second-order valence-corrected chi connectivity index (χ2v) is 7.99. The second kappa shape index (κ2) is 8.24. The van der Waals surface area contributed by atoms with Crippen molar-refractivity contribution in [1.29, 1.82) is 0 Å². The lowest BCUT2D eigenvalue weighted by Crippen LogP contribution is -2.48. The van der Waals surface area contributed by atoms with Gasteiger partial charge in [0.15, 0.2) is 0 Å². The summed E-state index contributed by atoms with van der Waals surface area (Å²) in [5.41, 5.74) is -1.86. The first-order valence-corrected chi connectivity index (χ1v) is 10.1. The van der Waals surface area contributed by atoms with Crippen LogP contribution in [0.4, 0.5) is 13.2 Å². The van der Waals surface area contributed by atoms with Gasteiger partial charge in [-0.3, -0.25) is 14.6 Å². The average molecular weight is 437 g/mol. The van der Waals surface area contributed by atoms with Crippen molar-refractivity contribution in [2.45, 2.75) is 50.5 Å². The van der Waals surface area contributed by atoms with E-state index < -0.39 is 23.0 Å². The molecule has 1 saturated heterocycles. The number of aromatic amines is 1. The zero-order valence-corrected chi connectivity index (χ0v) is 16.6. The van der Waals surface area contributed by atoms with Gasteiger partial charge in [0.05, 0.1) is 11.6 Å². The first kappa shape index (κ1) is 21.2. The molecule has 1 amide bonds. The van der Waals surface area contributed by atoms with E-state index in [0.717, 1.165) is 31.4 Å². The molecule has 4 rings (SSSR count). The number of amides is 1. The van der Waals surface area contributed by atoms with Crippen molar-refractivity contribution >= 4 is 5.91 Å². The summed E-state index contributed by atoms with van der Waals surface area (Å²) < 4.78 is 45.7. The predicted octanol–water partition coefficient (Wildman–Crippen LogP) is 2.40. The number of likely N-dealkylation sites (tertiary alicyclic amines) is 1. The number of fused-ring (bicyclic) bond motifs is 2. The molecule has 166 valence electrons.